The molecular weight excluding hydrogens is 385 g/mol. The molecule has 0 bridgehead atoms. The average molecular weight is 402 g/mol. The summed E-state index contributed by atoms with van der Waals surface area (Å²) in [5.74, 6) is 0.134. The van der Waals surface area contributed by atoms with Gasteiger partial charge in [-0.1, -0.05) is 28.1 Å². The standard InChI is InChI=1S/C20H17BrFNO2/c1-2-23(18-8-6-17(22)7-9-18)20(24)13-25-19-10-4-14-11-16(21)5-3-15(14)12-19/h3-12H,2,13H2,1H3. The summed E-state index contributed by atoms with van der Waals surface area (Å²) in [6, 6.07) is 17.5. The predicted octanol–water partition coefficient (Wildman–Crippen LogP) is 5.17. The maximum Gasteiger partial charge on any atom is 0.264 e. The minimum atomic E-state index is -0.327. The number of carbonyl (C=O) groups is 1. The average Bonchev–Trinajstić information content (AvgIpc) is 2.62. The summed E-state index contributed by atoms with van der Waals surface area (Å²) >= 11 is 3.45. The fourth-order valence-corrected chi connectivity index (χ4v) is 3.01. The Kier molecular flexibility index (Phi) is 5.34. The number of hydrogen-bond donors (Lipinski definition) is 0. The molecule has 0 N–H and O–H groups in total. The van der Waals surface area contributed by atoms with Crippen LogP contribution in [0.15, 0.2) is 65.1 Å². The maximum atomic E-state index is 13.0. The lowest BCUT2D eigenvalue weighted by Crippen LogP contribution is -2.34. The van der Waals surface area contributed by atoms with Crippen molar-refractivity contribution in [3.05, 3.63) is 71.0 Å². The molecule has 0 saturated heterocycles. The van der Waals surface area contributed by atoms with Gasteiger partial charge in [0.2, 0.25) is 0 Å². The summed E-state index contributed by atoms with van der Waals surface area (Å²) < 4.78 is 19.7. The van der Waals surface area contributed by atoms with Crippen molar-refractivity contribution in [1.82, 2.24) is 0 Å². The van der Waals surface area contributed by atoms with Gasteiger partial charge in [-0.05, 0) is 66.2 Å². The second-order valence-corrected chi connectivity index (χ2v) is 6.47. The summed E-state index contributed by atoms with van der Waals surface area (Å²) in [5, 5.41) is 2.13. The molecule has 1 amide bonds. The SMILES string of the molecule is CCN(C(=O)COc1ccc2cc(Br)ccc2c1)c1ccc(F)cc1. The number of anilines is 1. The van der Waals surface area contributed by atoms with E-state index in [1.54, 1.807) is 17.0 Å². The molecule has 0 radical (unpaired) electrons. The first-order chi connectivity index (χ1) is 12.1. The molecule has 0 aliphatic heterocycles. The molecule has 3 aromatic carbocycles. The fraction of sp³-hybridized carbons (Fsp3) is 0.150. The van der Waals surface area contributed by atoms with Crippen molar-refractivity contribution in [1.29, 1.82) is 0 Å². The van der Waals surface area contributed by atoms with Crippen LogP contribution in [0.3, 0.4) is 0 Å². The number of rotatable bonds is 5. The van der Waals surface area contributed by atoms with Gasteiger partial charge in [0.05, 0.1) is 0 Å². The number of likely N-dealkylation sites (N-methyl/N-ethyl adjacent to an activating group) is 1. The van der Waals surface area contributed by atoms with Gasteiger partial charge in [0, 0.05) is 16.7 Å². The Morgan fingerprint density at radius 1 is 1.04 bits per heavy atom. The smallest absolute Gasteiger partial charge is 0.264 e. The van der Waals surface area contributed by atoms with E-state index in [0.29, 0.717) is 18.0 Å². The van der Waals surface area contributed by atoms with Crippen LogP contribution in [0.2, 0.25) is 0 Å². The molecule has 25 heavy (non-hydrogen) atoms. The van der Waals surface area contributed by atoms with Crippen LogP contribution in [-0.4, -0.2) is 19.1 Å². The summed E-state index contributed by atoms with van der Waals surface area (Å²) in [4.78, 5) is 14.0. The van der Waals surface area contributed by atoms with E-state index in [-0.39, 0.29) is 18.3 Å². The number of nitrogens with zero attached hydrogens (tertiary/aromatic N) is 1. The Labute approximate surface area is 154 Å². The number of carbonyl (C=O) groups excluding carboxylic acids is 1. The van der Waals surface area contributed by atoms with Crippen molar-refractivity contribution >= 4 is 38.3 Å². The highest BCUT2D eigenvalue weighted by molar-refractivity contribution is 9.10. The number of ether oxygens (including phenoxy) is 1. The summed E-state index contributed by atoms with van der Waals surface area (Å²) in [6.45, 7) is 2.28. The second-order valence-electron chi connectivity index (χ2n) is 5.56. The Balaban J connectivity index is 1.70. The number of hydrogen-bond acceptors (Lipinski definition) is 2. The topological polar surface area (TPSA) is 29.5 Å². The van der Waals surface area contributed by atoms with E-state index < -0.39 is 0 Å². The summed E-state index contributed by atoms with van der Waals surface area (Å²) in [6.07, 6.45) is 0. The Hall–Kier alpha value is -2.40. The van der Waals surface area contributed by atoms with Crippen molar-refractivity contribution in [2.24, 2.45) is 0 Å². The third kappa shape index (κ3) is 4.17. The Bertz CT molecular complexity index is 896. The van der Waals surface area contributed by atoms with Crippen LogP contribution in [0.4, 0.5) is 10.1 Å². The maximum absolute atomic E-state index is 13.0. The highest BCUT2D eigenvalue weighted by Gasteiger charge is 2.14. The van der Waals surface area contributed by atoms with Crippen molar-refractivity contribution in [2.75, 3.05) is 18.1 Å². The van der Waals surface area contributed by atoms with E-state index >= 15 is 0 Å². The number of benzene rings is 3. The van der Waals surface area contributed by atoms with Crippen molar-refractivity contribution in [3.63, 3.8) is 0 Å². The molecule has 3 aromatic rings. The van der Waals surface area contributed by atoms with Crippen molar-refractivity contribution < 1.29 is 13.9 Å². The molecule has 0 unspecified atom stereocenters. The van der Waals surface area contributed by atoms with Crippen LogP contribution < -0.4 is 9.64 Å². The van der Waals surface area contributed by atoms with Gasteiger partial charge in [0.15, 0.2) is 6.61 Å². The normalized spacial score (nSPS) is 10.7. The first-order valence-corrected chi connectivity index (χ1v) is 8.74. The van der Waals surface area contributed by atoms with Crippen LogP contribution in [0.25, 0.3) is 10.8 Å². The minimum absolute atomic E-state index is 0.0761. The van der Waals surface area contributed by atoms with Gasteiger partial charge >= 0.3 is 0 Å². The largest absolute Gasteiger partial charge is 0.484 e. The third-order valence-electron chi connectivity index (χ3n) is 3.89. The quantitative estimate of drug-likeness (QED) is 0.589. The zero-order valence-corrected chi connectivity index (χ0v) is 15.3. The first-order valence-electron chi connectivity index (χ1n) is 7.95. The van der Waals surface area contributed by atoms with Crippen molar-refractivity contribution in [3.8, 4) is 5.75 Å². The summed E-state index contributed by atoms with van der Waals surface area (Å²) in [7, 11) is 0. The van der Waals surface area contributed by atoms with Gasteiger partial charge in [-0.2, -0.15) is 0 Å². The van der Waals surface area contributed by atoms with Gasteiger partial charge in [-0.3, -0.25) is 4.79 Å². The van der Waals surface area contributed by atoms with Gasteiger partial charge in [0.1, 0.15) is 11.6 Å². The predicted molar refractivity (Wildman–Crippen MR) is 102 cm³/mol. The van der Waals surface area contributed by atoms with E-state index in [0.717, 1.165) is 15.2 Å². The number of fused-ring (bicyclic) bond motifs is 1. The van der Waals surface area contributed by atoms with E-state index in [9.17, 15) is 9.18 Å². The minimum Gasteiger partial charge on any atom is -0.484 e. The van der Waals surface area contributed by atoms with Crippen LogP contribution >= 0.6 is 15.9 Å². The molecule has 0 heterocycles. The number of amides is 1. The summed E-state index contributed by atoms with van der Waals surface area (Å²) in [5.41, 5.74) is 0.654. The Morgan fingerprint density at radius 2 is 1.72 bits per heavy atom. The molecule has 0 fully saturated rings. The van der Waals surface area contributed by atoms with Gasteiger partial charge in [-0.25, -0.2) is 4.39 Å². The second kappa shape index (κ2) is 7.66. The molecule has 128 valence electrons. The molecule has 3 nitrogen and oxygen atoms in total. The molecule has 0 aliphatic carbocycles. The lowest BCUT2D eigenvalue weighted by molar-refractivity contribution is -0.120. The molecule has 0 saturated carbocycles. The van der Waals surface area contributed by atoms with Crippen LogP contribution in [0.5, 0.6) is 5.75 Å². The van der Waals surface area contributed by atoms with Crippen LogP contribution in [0.1, 0.15) is 6.92 Å². The van der Waals surface area contributed by atoms with E-state index in [1.165, 1.54) is 12.1 Å². The molecule has 0 aliphatic rings. The van der Waals surface area contributed by atoms with Gasteiger partial charge in [0.25, 0.3) is 5.91 Å². The molecular formula is C20H17BrFNO2. The van der Waals surface area contributed by atoms with Crippen molar-refractivity contribution in [2.45, 2.75) is 6.92 Å². The highest BCUT2D eigenvalue weighted by atomic mass is 79.9. The molecule has 0 atom stereocenters. The molecule has 0 aromatic heterocycles. The van der Waals surface area contributed by atoms with Crippen LogP contribution in [-0.2, 0) is 4.79 Å². The molecule has 3 rings (SSSR count). The number of halogens is 2. The molecule has 5 heteroatoms. The monoisotopic (exact) mass is 401 g/mol. The zero-order valence-electron chi connectivity index (χ0n) is 13.7. The lowest BCUT2D eigenvalue weighted by Gasteiger charge is -2.21. The zero-order chi connectivity index (χ0) is 17.8. The molecule has 0 spiro atoms. The Morgan fingerprint density at radius 3 is 2.44 bits per heavy atom. The fourth-order valence-electron chi connectivity index (χ4n) is 2.63. The van der Waals surface area contributed by atoms with Crippen LogP contribution in [0, 0.1) is 5.82 Å². The third-order valence-corrected chi connectivity index (χ3v) is 4.38. The highest BCUT2D eigenvalue weighted by Crippen LogP contribution is 2.24. The van der Waals surface area contributed by atoms with Gasteiger partial charge in [-0.15, -0.1) is 0 Å². The van der Waals surface area contributed by atoms with E-state index in [2.05, 4.69) is 15.9 Å². The van der Waals surface area contributed by atoms with E-state index in [1.807, 2.05) is 43.3 Å². The van der Waals surface area contributed by atoms with E-state index in [4.69, 9.17) is 4.74 Å². The lowest BCUT2D eigenvalue weighted by atomic mass is 10.1. The van der Waals surface area contributed by atoms with Gasteiger partial charge < -0.3 is 9.64 Å². The first kappa shape index (κ1) is 17.4.